The second kappa shape index (κ2) is 10.1. The number of hydrogen-bond acceptors (Lipinski definition) is 7. The Morgan fingerprint density at radius 2 is 1.71 bits per heavy atom. The molecule has 0 unspecified atom stereocenters. The van der Waals surface area contributed by atoms with E-state index in [-0.39, 0.29) is 22.9 Å². The fraction of sp³-hybridized carbons (Fsp3) is 0.208. The maximum Gasteiger partial charge on any atom is 0.264 e. The summed E-state index contributed by atoms with van der Waals surface area (Å²) in [6, 6.07) is 13.9. The van der Waals surface area contributed by atoms with E-state index < -0.39 is 28.3 Å². The summed E-state index contributed by atoms with van der Waals surface area (Å²) in [6.45, 7) is 0.0112. The Bertz CT molecular complexity index is 1350. The average molecular weight is 503 g/mol. The van der Waals surface area contributed by atoms with Crippen LogP contribution in [0.5, 0.6) is 23.0 Å². The molecule has 1 aliphatic rings. The Hall–Kier alpha value is -3.99. The smallest absolute Gasteiger partial charge is 0.264 e. The number of nitrogens with zero attached hydrogens (tertiary/aromatic N) is 1. The highest BCUT2D eigenvalue weighted by molar-refractivity contribution is 7.92. The molecule has 1 amide bonds. The molecule has 184 valence electrons. The van der Waals surface area contributed by atoms with Gasteiger partial charge in [0.1, 0.15) is 25.6 Å². The standard InChI is InChI=1S/C24H23FN2O7S/c1-31-20-8-6-17(13-22(20)32-2)26-24(28)15-27(18-5-3-4-16(25)12-18)35(29,30)19-7-9-21-23(14-19)34-11-10-33-21/h3-9,12-14H,10-11,15H2,1-2H3,(H,26,28). The number of amides is 1. The molecule has 1 N–H and O–H groups in total. The van der Waals surface area contributed by atoms with Crippen molar-refractivity contribution in [3.8, 4) is 23.0 Å². The fourth-order valence-electron chi connectivity index (χ4n) is 3.50. The number of anilines is 2. The van der Waals surface area contributed by atoms with Gasteiger partial charge in [0, 0.05) is 17.8 Å². The average Bonchev–Trinajstić information content (AvgIpc) is 2.86. The topological polar surface area (TPSA) is 103 Å². The van der Waals surface area contributed by atoms with Gasteiger partial charge in [0.05, 0.1) is 24.8 Å². The van der Waals surface area contributed by atoms with Crippen LogP contribution < -0.4 is 28.6 Å². The third-order valence-electron chi connectivity index (χ3n) is 5.15. The highest BCUT2D eigenvalue weighted by Crippen LogP contribution is 2.34. The van der Waals surface area contributed by atoms with E-state index in [0.29, 0.717) is 29.5 Å². The van der Waals surface area contributed by atoms with E-state index in [4.69, 9.17) is 18.9 Å². The Morgan fingerprint density at radius 3 is 2.43 bits per heavy atom. The zero-order valence-corrected chi connectivity index (χ0v) is 19.8. The molecule has 11 heteroatoms. The van der Waals surface area contributed by atoms with Gasteiger partial charge in [-0.2, -0.15) is 0 Å². The van der Waals surface area contributed by atoms with Gasteiger partial charge in [0.2, 0.25) is 5.91 Å². The Kier molecular flexibility index (Phi) is 6.97. The van der Waals surface area contributed by atoms with Gasteiger partial charge in [-0.1, -0.05) is 6.07 Å². The number of benzene rings is 3. The summed E-state index contributed by atoms with van der Waals surface area (Å²) >= 11 is 0. The molecule has 3 aromatic carbocycles. The Labute approximate surface area is 202 Å². The molecule has 1 heterocycles. The maximum absolute atomic E-state index is 14.0. The van der Waals surface area contributed by atoms with Gasteiger partial charge in [0.15, 0.2) is 23.0 Å². The number of carbonyl (C=O) groups excluding carboxylic acids is 1. The lowest BCUT2D eigenvalue weighted by atomic mass is 10.2. The molecule has 35 heavy (non-hydrogen) atoms. The number of methoxy groups -OCH3 is 2. The minimum atomic E-state index is -4.29. The summed E-state index contributed by atoms with van der Waals surface area (Å²) in [5.41, 5.74) is 0.353. The lowest BCUT2D eigenvalue weighted by Gasteiger charge is -2.25. The van der Waals surface area contributed by atoms with Crippen molar-refractivity contribution in [3.05, 3.63) is 66.5 Å². The largest absolute Gasteiger partial charge is 0.493 e. The molecule has 4 rings (SSSR count). The maximum atomic E-state index is 14.0. The molecule has 0 aromatic heterocycles. The van der Waals surface area contributed by atoms with Gasteiger partial charge in [-0.15, -0.1) is 0 Å². The zero-order valence-electron chi connectivity index (χ0n) is 19.0. The zero-order chi connectivity index (χ0) is 25.0. The molecule has 0 spiro atoms. The molecular weight excluding hydrogens is 479 g/mol. The number of ether oxygens (including phenoxy) is 4. The summed E-state index contributed by atoms with van der Waals surface area (Å²) in [5.74, 6) is 0.238. The predicted octanol–water partition coefficient (Wildman–Crippen LogP) is 3.45. The van der Waals surface area contributed by atoms with E-state index in [1.165, 1.54) is 50.6 Å². The monoisotopic (exact) mass is 502 g/mol. The van der Waals surface area contributed by atoms with Crippen molar-refractivity contribution in [2.75, 3.05) is 43.6 Å². The number of carbonyl (C=O) groups is 1. The number of fused-ring (bicyclic) bond motifs is 1. The summed E-state index contributed by atoms with van der Waals surface area (Å²) in [4.78, 5) is 12.8. The van der Waals surface area contributed by atoms with E-state index in [0.717, 1.165) is 10.4 Å². The van der Waals surface area contributed by atoms with Gasteiger partial charge < -0.3 is 24.3 Å². The van der Waals surface area contributed by atoms with Crippen LogP contribution in [0, 0.1) is 5.82 Å². The number of halogens is 1. The molecule has 0 saturated carbocycles. The molecule has 3 aromatic rings. The van der Waals surface area contributed by atoms with E-state index in [1.54, 1.807) is 18.2 Å². The Balaban J connectivity index is 1.65. The quantitative estimate of drug-likeness (QED) is 0.503. The second-order valence-electron chi connectivity index (χ2n) is 7.41. The van der Waals surface area contributed by atoms with Crippen LogP contribution in [0.25, 0.3) is 0 Å². The predicted molar refractivity (Wildman–Crippen MR) is 127 cm³/mol. The van der Waals surface area contributed by atoms with Crippen molar-refractivity contribution >= 4 is 27.3 Å². The van der Waals surface area contributed by atoms with Gasteiger partial charge in [-0.3, -0.25) is 9.10 Å². The minimum Gasteiger partial charge on any atom is -0.493 e. The molecule has 0 atom stereocenters. The van der Waals surface area contributed by atoms with Crippen molar-refractivity contribution in [1.82, 2.24) is 0 Å². The van der Waals surface area contributed by atoms with Crippen LogP contribution in [0.3, 0.4) is 0 Å². The molecule has 1 aliphatic heterocycles. The molecule has 0 saturated heterocycles. The Morgan fingerprint density at radius 1 is 0.971 bits per heavy atom. The first-order valence-corrected chi connectivity index (χ1v) is 12.0. The van der Waals surface area contributed by atoms with E-state index >= 15 is 0 Å². The van der Waals surface area contributed by atoms with E-state index in [2.05, 4.69) is 5.32 Å². The number of nitrogens with one attached hydrogen (secondary N) is 1. The summed E-state index contributed by atoms with van der Waals surface area (Å²) < 4.78 is 63.4. The van der Waals surface area contributed by atoms with Crippen LogP contribution in [0.1, 0.15) is 0 Å². The SMILES string of the molecule is COc1ccc(NC(=O)CN(c2cccc(F)c2)S(=O)(=O)c2ccc3c(c2)OCCO3)cc1OC. The van der Waals surface area contributed by atoms with Crippen molar-refractivity contribution in [2.24, 2.45) is 0 Å². The third kappa shape index (κ3) is 5.24. The first-order chi connectivity index (χ1) is 16.8. The lowest BCUT2D eigenvalue weighted by Crippen LogP contribution is -2.38. The lowest BCUT2D eigenvalue weighted by molar-refractivity contribution is -0.114. The number of hydrogen-bond donors (Lipinski definition) is 1. The van der Waals surface area contributed by atoms with Gasteiger partial charge in [0.25, 0.3) is 10.0 Å². The van der Waals surface area contributed by atoms with Crippen LogP contribution in [0.4, 0.5) is 15.8 Å². The normalized spacial score (nSPS) is 12.5. The molecule has 0 radical (unpaired) electrons. The van der Waals surface area contributed by atoms with Gasteiger partial charge in [-0.05, 0) is 42.5 Å². The number of sulfonamides is 1. The van der Waals surface area contributed by atoms with Crippen LogP contribution in [-0.2, 0) is 14.8 Å². The van der Waals surface area contributed by atoms with Crippen LogP contribution in [0.15, 0.2) is 65.6 Å². The molecule has 0 aliphatic carbocycles. The molecule has 0 bridgehead atoms. The van der Waals surface area contributed by atoms with E-state index in [9.17, 15) is 17.6 Å². The van der Waals surface area contributed by atoms with Gasteiger partial charge in [-0.25, -0.2) is 12.8 Å². The number of rotatable bonds is 8. The molecular formula is C24H23FN2O7S. The molecule has 0 fully saturated rings. The van der Waals surface area contributed by atoms with Crippen molar-refractivity contribution in [3.63, 3.8) is 0 Å². The molecule has 9 nitrogen and oxygen atoms in total. The highest BCUT2D eigenvalue weighted by Gasteiger charge is 2.29. The van der Waals surface area contributed by atoms with Crippen LogP contribution in [-0.4, -0.2) is 48.3 Å². The van der Waals surface area contributed by atoms with Crippen molar-refractivity contribution in [1.29, 1.82) is 0 Å². The first-order valence-electron chi connectivity index (χ1n) is 10.5. The fourth-order valence-corrected chi connectivity index (χ4v) is 4.93. The van der Waals surface area contributed by atoms with Gasteiger partial charge >= 0.3 is 0 Å². The summed E-state index contributed by atoms with van der Waals surface area (Å²) in [5, 5.41) is 2.64. The van der Waals surface area contributed by atoms with Crippen LogP contribution >= 0.6 is 0 Å². The minimum absolute atomic E-state index is 0.0117. The highest BCUT2D eigenvalue weighted by atomic mass is 32.2. The first kappa shape index (κ1) is 24.1. The second-order valence-corrected chi connectivity index (χ2v) is 9.28. The van der Waals surface area contributed by atoms with Crippen molar-refractivity contribution < 1.29 is 36.6 Å². The van der Waals surface area contributed by atoms with Crippen LogP contribution in [0.2, 0.25) is 0 Å². The summed E-state index contributed by atoms with van der Waals surface area (Å²) in [6.07, 6.45) is 0. The van der Waals surface area contributed by atoms with E-state index in [1.807, 2.05) is 0 Å². The van der Waals surface area contributed by atoms with Crippen molar-refractivity contribution in [2.45, 2.75) is 4.90 Å². The summed E-state index contributed by atoms with van der Waals surface area (Å²) in [7, 11) is -1.35. The third-order valence-corrected chi connectivity index (χ3v) is 6.92.